The van der Waals surface area contributed by atoms with Gasteiger partial charge in [0.25, 0.3) is 5.91 Å². The Morgan fingerprint density at radius 2 is 2.38 bits per heavy atom. The molecule has 1 amide bonds. The molecule has 1 heterocycles. The van der Waals surface area contributed by atoms with Crippen molar-refractivity contribution in [1.82, 2.24) is 0 Å². The molecule has 0 aromatic heterocycles. The maximum atomic E-state index is 10.4. The second kappa shape index (κ2) is 1.63. The number of hydrogen-bond acceptors (Lipinski definition) is 3. The van der Waals surface area contributed by atoms with E-state index in [2.05, 4.69) is 11.6 Å². The van der Waals surface area contributed by atoms with E-state index in [1.165, 1.54) is 0 Å². The normalized spacial score (nSPS) is 19.2. The van der Waals surface area contributed by atoms with E-state index >= 15 is 0 Å². The van der Waals surface area contributed by atoms with E-state index in [0.29, 0.717) is 10.1 Å². The fourth-order valence-corrected chi connectivity index (χ4v) is 0.869. The molecule has 1 aliphatic rings. The number of nitrogens with zero attached hydrogens (tertiary/aromatic N) is 1. The molecular weight excluding hydrogens is 124 g/mol. The Bertz CT molecular complexity index is 184. The van der Waals surface area contributed by atoms with Gasteiger partial charge in [0.2, 0.25) is 0 Å². The Morgan fingerprint density at radius 1 is 1.75 bits per heavy atom. The third kappa shape index (κ3) is 0.742. The zero-order valence-electron chi connectivity index (χ0n) is 4.05. The van der Waals surface area contributed by atoms with Gasteiger partial charge in [-0.05, 0) is 11.8 Å². The molecule has 42 valence electrons. The Labute approximate surface area is 50.7 Å². The molecule has 0 aromatic carbocycles. The van der Waals surface area contributed by atoms with Gasteiger partial charge in [0, 0.05) is 0 Å². The van der Waals surface area contributed by atoms with Crippen LogP contribution in [0.5, 0.6) is 0 Å². The van der Waals surface area contributed by atoms with Crippen molar-refractivity contribution in [2.24, 2.45) is 10.7 Å². The Kier molecular flexibility index (Phi) is 1.09. The summed E-state index contributed by atoms with van der Waals surface area (Å²) in [4.78, 5) is 14.2. The van der Waals surface area contributed by atoms with Gasteiger partial charge in [-0.2, -0.15) is 4.99 Å². The molecule has 3 nitrogen and oxygen atoms in total. The standard InChI is InChI=1S/C4H4N2OS/c1-2-3(7)6-4(5)8-2/h1H2,(H2,5,6,7). The van der Waals surface area contributed by atoms with Crippen molar-refractivity contribution in [2.75, 3.05) is 0 Å². The number of thioether (sulfide) groups is 1. The highest BCUT2D eigenvalue weighted by Gasteiger charge is 2.15. The topological polar surface area (TPSA) is 55.4 Å². The van der Waals surface area contributed by atoms with Gasteiger partial charge in [0.1, 0.15) is 0 Å². The molecule has 0 aliphatic carbocycles. The van der Waals surface area contributed by atoms with Crippen LogP contribution in [0.1, 0.15) is 0 Å². The number of hydrogen-bond donors (Lipinski definition) is 1. The first kappa shape index (κ1) is 5.37. The molecule has 2 N–H and O–H groups in total. The van der Waals surface area contributed by atoms with Gasteiger partial charge in [0.15, 0.2) is 5.17 Å². The molecule has 0 saturated carbocycles. The molecule has 0 radical (unpaired) electrons. The van der Waals surface area contributed by atoms with Crippen molar-refractivity contribution in [3.8, 4) is 0 Å². The quantitative estimate of drug-likeness (QED) is 0.470. The van der Waals surface area contributed by atoms with E-state index in [1.807, 2.05) is 0 Å². The summed E-state index contributed by atoms with van der Waals surface area (Å²) in [5.74, 6) is -0.312. The molecule has 1 rings (SSSR count). The van der Waals surface area contributed by atoms with Crippen molar-refractivity contribution in [1.29, 1.82) is 0 Å². The van der Waals surface area contributed by atoms with Crippen LogP contribution in [0, 0.1) is 0 Å². The van der Waals surface area contributed by atoms with Crippen LogP contribution in [0.15, 0.2) is 16.5 Å². The maximum Gasteiger partial charge on any atom is 0.285 e. The number of aliphatic imine (C=N–C) groups is 1. The number of amidine groups is 1. The van der Waals surface area contributed by atoms with Crippen LogP contribution in [0.2, 0.25) is 0 Å². The highest BCUT2D eigenvalue weighted by molar-refractivity contribution is 8.18. The molecule has 4 heteroatoms. The Hall–Kier alpha value is -0.770. The predicted octanol–water partition coefficient (Wildman–Crippen LogP) is 0.0882. The first-order valence-corrected chi connectivity index (χ1v) is 2.77. The van der Waals surface area contributed by atoms with Crippen LogP contribution in [0.4, 0.5) is 0 Å². The minimum absolute atomic E-state index is 0.292. The van der Waals surface area contributed by atoms with Crippen molar-refractivity contribution >= 4 is 22.8 Å². The van der Waals surface area contributed by atoms with Crippen molar-refractivity contribution in [3.63, 3.8) is 0 Å². The van der Waals surface area contributed by atoms with E-state index in [9.17, 15) is 4.79 Å². The number of rotatable bonds is 0. The number of carbonyl (C=O) groups excluding carboxylic acids is 1. The Balaban J connectivity index is 2.85. The monoisotopic (exact) mass is 128 g/mol. The van der Waals surface area contributed by atoms with Crippen molar-refractivity contribution < 1.29 is 4.79 Å². The summed E-state index contributed by atoms with van der Waals surface area (Å²) in [6.45, 7) is 3.40. The number of carbonyl (C=O) groups is 1. The predicted molar refractivity (Wildman–Crippen MR) is 33.4 cm³/mol. The van der Waals surface area contributed by atoms with E-state index in [0.717, 1.165) is 11.8 Å². The maximum absolute atomic E-state index is 10.4. The van der Waals surface area contributed by atoms with Crippen LogP contribution in [-0.4, -0.2) is 11.1 Å². The lowest BCUT2D eigenvalue weighted by Gasteiger charge is -1.81. The SMILES string of the molecule is C=C1SC(N)=NC1=O. The third-order valence-electron chi connectivity index (χ3n) is 0.678. The average Bonchev–Trinajstić information content (AvgIpc) is 1.85. The van der Waals surface area contributed by atoms with E-state index in [1.54, 1.807) is 0 Å². The summed E-state index contributed by atoms with van der Waals surface area (Å²) >= 11 is 1.11. The second-order valence-electron chi connectivity index (χ2n) is 1.28. The first-order valence-electron chi connectivity index (χ1n) is 1.95. The Morgan fingerprint density at radius 3 is 2.50 bits per heavy atom. The molecule has 0 unspecified atom stereocenters. The lowest BCUT2D eigenvalue weighted by Crippen LogP contribution is -2.01. The van der Waals surface area contributed by atoms with Crippen LogP contribution < -0.4 is 5.73 Å². The fourth-order valence-electron chi connectivity index (χ4n) is 0.355. The van der Waals surface area contributed by atoms with Gasteiger partial charge >= 0.3 is 0 Å². The van der Waals surface area contributed by atoms with Crippen LogP contribution >= 0.6 is 11.8 Å². The number of amides is 1. The molecule has 8 heavy (non-hydrogen) atoms. The van der Waals surface area contributed by atoms with Crippen molar-refractivity contribution in [3.05, 3.63) is 11.5 Å². The third-order valence-corrected chi connectivity index (χ3v) is 1.40. The van der Waals surface area contributed by atoms with E-state index < -0.39 is 0 Å². The summed E-state index contributed by atoms with van der Waals surface area (Å²) in [7, 11) is 0. The highest BCUT2D eigenvalue weighted by atomic mass is 32.2. The summed E-state index contributed by atoms with van der Waals surface area (Å²) in [6, 6.07) is 0. The fraction of sp³-hybridized carbons (Fsp3) is 0. The zero-order chi connectivity index (χ0) is 6.15. The molecule has 0 fully saturated rings. The summed E-state index contributed by atoms with van der Waals surface area (Å²) < 4.78 is 0. The van der Waals surface area contributed by atoms with Gasteiger partial charge in [0.05, 0.1) is 4.91 Å². The zero-order valence-corrected chi connectivity index (χ0v) is 4.86. The smallest absolute Gasteiger partial charge is 0.285 e. The summed E-state index contributed by atoms with van der Waals surface area (Å²) in [6.07, 6.45) is 0. The first-order chi connectivity index (χ1) is 3.70. The molecular formula is C4H4N2OS. The minimum atomic E-state index is -0.312. The van der Waals surface area contributed by atoms with E-state index in [4.69, 9.17) is 5.73 Å². The van der Waals surface area contributed by atoms with Gasteiger partial charge in [-0.1, -0.05) is 6.58 Å². The highest BCUT2D eigenvalue weighted by Crippen LogP contribution is 2.20. The summed E-state index contributed by atoms with van der Waals surface area (Å²) in [5, 5.41) is 0.292. The van der Waals surface area contributed by atoms with Gasteiger partial charge in [-0.15, -0.1) is 0 Å². The lowest BCUT2D eigenvalue weighted by atomic mass is 10.6. The lowest BCUT2D eigenvalue weighted by molar-refractivity contribution is -0.113. The average molecular weight is 128 g/mol. The van der Waals surface area contributed by atoms with Crippen molar-refractivity contribution in [2.45, 2.75) is 0 Å². The van der Waals surface area contributed by atoms with Gasteiger partial charge in [-0.3, -0.25) is 4.79 Å². The van der Waals surface area contributed by atoms with Crippen LogP contribution in [0.25, 0.3) is 0 Å². The number of nitrogens with two attached hydrogens (primary N) is 1. The molecule has 0 saturated heterocycles. The second-order valence-corrected chi connectivity index (χ2v) is 2.40. The van der Waals surface area contributed by atoms with Crippen LogP contribution in [0.3, 0.4) is 0 Å². The molecule has 0 atom stereocenters. The largest absolute Gasteiger partial charge is 0.378 e. The summed E-state index contributed by atoms with van der Waals surface area (Å²) in [5.41, 5.74) is 5.15. The molecule has 0 spiro atoms. The van der Waals surface area contributed by atoms with Gasteiger partial charge in [-0.25, -0.2) is 0 Å². The van der Waals surface area contributed by atoms with Crippen LogP contribution in [-0.2, 0) is 4.79 Å². The molecule has 0 bridgehead atoms. The molecule has 1 aliphatic heterocycles. The molecule has 0 aromatic rings. The van der Waals surface area contributed by atoms with E-state index in [-0.39, 0.29) is 5.91 Å². The minimum Gasteiger partial charge on any atom is -0.378 e. The van der Waals surface area contributed by atoms with Gasteiger partial charge < -0.3 is 5.73 Å².